The van der Waals surface area contributed by atoms with Crippen LogP contribution < -0.4 is 10.2 Å². The number of pyridine rings is 2. The monoisotopic (exact) mass is 441 g/mol. The lowest BCUT2D eigenvalue weighted by Crippen LogP contribution is -2.49. The first-order valence-electron chi connectivity index (χ1n) is 9.14. The maximum absolute atomic E-state index is 12.5. The average molecular weight is 442 g/mol. The predicted octanol–water partition coefficient (Wildman–Crippen LogP) is 2.33. The molecule has 1 amide bonds. The number of hydrogen-bond acceptors (Lipinski definition) is 7. The molecule has 0 aliphatic carbocycles. The summed E-state index contributed by atoms with van der Waals surface area (Å²) < 4.78 is 0.889. The van der Waals surface area contributed by atoms with E-state index in [9.17, 15) is 4.79 Å². The minimum Gasteiger partial charge on any atom is -0.383 e. The van der Waals surface area contributed by atoms with Crippen molar-refractivity contribution in [3.05, 3.63) is 47.5 Å². The van der Waals surface area contributed by atoms with Crippen LogP contribution in [0.3, 0.4) is 0 Å². The van der Waals surface area contributed by atoms with Crippen molar-refractivity contribution in [2.24, 2.45) is 0 Å². The number of halogens is 1. The van der Waals surface area contributed by atoms with Gasteiger partial charge in [0.05, 0.1) is 11.2 Å². The van der Waals surface area contributed by atoms with Gasteiger partial charge in [0.15, 0.2) is 0 Å². The Hall–Kier alpha value is -2.81. The number of carbonyl (C=O) groups excluding carboxylic acids is 1. The number of piperazine rings is 1. The lowest BCUT2D eigenvalue weighted by molar-refractivity contribution is -0.131. The highest BCUT2D eigenvalue weighted by Crippen LogP contribution is 2.22. The van der Waals surface area contributed by atoms with Gasteiger partial charge in [-0.3, -0.25) is 14.8 Å². The molecule has 3 aromatic heterocycles. The molecule has 0 saturated carbocycles. The predicted molar refractivity (Wildman–Crippen MR) is 111 cm³/mol. The van der Waals surface area contributed by atoms with Gasteiger partial charge in [0.2, 0.25) is 11.9 Å². The van der Waals surface area contributed by atoms with E-state index in [1.807, 2.05) is 17.0 Å². The van der Waals surface area contributed by atoms with Crippen LogP contribution in [-0.2, 0) is 4.79 Å². The third-order valence-corrected chi connectivity index (χ3v) is 5.10. The number of amides is 1. The first-order valence-corrected chi connectivity index (χ1v) is 9.94. The van der Waals surface area contributed by atoms with Gasteiger partial charge in [-0.15, -0.1) is 0 Å². The summed E-state index contributed by atoms with van der Waals surface area (Å²) >= 11 is 3.41. The molecule has 9 heteroatoms. The van der Waals surface area contributed by atoms with Crippen LogP contribution >= 0.6 is 15.9 Å². The molecule has 1 saturated heterocycles. The van der Waals surface area contributed by atoms with Crippen molar-refractivity contribution in [1.82, 2.24) is 24.8 Å². The molecule has 8 nitrogen and oxygen atoms in total. The Balaban J connectivity index is 1.29. The third kappa shape index (κ3) is 4.19. The highest BCUT2D eigenvalue weighted by Gasteiger charge is 2.22. The Morgan fingerprint density at radius 1 is 1.07 bits per heavy atom. The minimum atomic E-state index is 0.148. The largest absolute Gasteiger partial charge is 0.383 e. The normalized spacial score (nSPS) is 14.3. The number of hydrogen-bond donors (Lipinski definition) is 1. The van der Waals surface area contributed by atoms with Crippen molar-refractivity contribution in [3.63, 3.8) is 0 Å². The van der Waals surface area contributed by atoms with Gasteiger partial charge in [0, 0.05) is 68.4 Å². The number of nitrogens with one attached hydrogen (secondary N) is 1. The second kappa shape index (κ2) is 8.47. The Morgan fingerprint density at radius 2 is 1.86 bits per heavy atom. The molecule has 0 unspecified atom stereocenters. The number of anilines is 2. The van der Waals surface area contributed by atoms with Crippen molar-refractivity contribution in [1.29, 1.82) is 0 Å². The number of nitrogens with zero attached hydrogens (tertiary/aromatic N) is 6. The molecule has 1 N–H and O–H groups in total. The van der Waals surface area contributed by atoms with Crippen LogP contribution in [0.4, 0.5) is 11.6 Å². The maximum Gasteiger partial charge on any atom is 0.225 e. The standard InChI is InChI=1S/C19H20BrN7O/c20-14-12-16-18(25-13-14)15(2-6-22-16)21-7-3-17(28)26-8-10-27(11-9-26)19-23-4-1-5-24-19/h1-2,4-6,12-13H,3,7-11H2,(H,21,22). The van der Waals surface area contributed by atoms with Gasteiger partial charge in [0.25, 0.3) is 0 Å². The maximum atomic E-state index is 12.5. The van der Waals surface area contributed by atoms with Gasteiger partial charge < -0.3 is 15.1 Å². The van der Waals surface area contributed by atoms with E-state index < -0.39 is 0 Å². The Kier molecular flexibility index (Phi) is 5.61. The summed E-state index contributed by atoms with van der Waals surface area (Å²) in [5, 5.41) is 3.32. The van der Waals surface area contributed by atoms with E-state index in [-0.39, 0.29) is 5.91 Å². The second-order valence-corrected chi connectivity index (χ2v) is 7.39. The molecule has 0 aromatic carbocycles. The van der Waals surface area contributed by atoms with Crippen LogP contribution in [0.5, 0.6) is 0 Å². The van der Waals surface area contributed by atoms with Crippen LogP contribution in [-0.4, -0.2) is 63.5 Å². The van der Waals surface area contributed by atoms with Crippen LogP contribution in [0.1, 0.15) is 6.42 Å². The highest BCUT2D eigenvalue weighted by atomic mass is 79.9. The molecular weight excluding hydrogens is 422 g/mol. The van der Waals surface area contributed by atoms with E-state index in [1.165, 1.54) is 0 Å². The smallest absolute Gasteiger partial charge is 0.225 e. The van der Waals surface area contributed by atoms with Crippen molar-refractivity contribution in [2.75, 3.05) is 42.9 Å². The number of aromatic nitrogens is 4. The Bertz CT molecular complexity index is 961. The van der Waals surface area contributed by atoms with Gasteiger partial charge in [-0.25, -0.2) is 9.97 Å². The first-order chi connectivity index (χ1) is 13.7. The van der Waals surface area contributed by atoms with Gasteiger partial charge in [-0.2, -0.15) is 0 Å². The van der Waals surface area contributed by atoms with E-state index >= 15 is 0 Å². The van der Waals surface area contributed by atoms with Gasteiger partial charge in [0.1, 0.15) is 5.52 Å². The molecule has 0 atom stereocenters. The van der Waals surface area contributed by atoms with Crippen molar-refractivity contribution >= 4 is 44.5 Å². The molecule has 3 aromatic rings. The molecule has 28 heavy (non-hydrogen) atoms. The number of carbonyl (C=O) groups is 1. The van der Waals surface area contributed by atoms with Gasteiger partial charge >= 0.3 is 0 Å². The summed E-state index contributed by atoms with van der Waals surface area (Å²) in [6.45, 7) is 3.42. The zero-order chi connectivity index (χ0) is 19.3. The fourth-order valence-corrected chi connectivity index (χ4v) is 3.54. The number of fused-ring (bicyclic) bond motifs is 1. The van der Waals surface area contributed by atoms with Crippen molar-refractivity contribution in [3.8, 4) is 0 Å². The van der Waals surface area contributed by atoms with E-state index in [2.05, 4.69) is 46.1 Å². The average Bonchev–Trinajstić information content (AvgIpc) is 2.74. The SMILES string of the molecule is O=C(CCNc1ccnc2cc(Br)cnc12)N1CCN(c2ncccn2)CC1. The molecule has 0 radical (unpaired) electrons. The molecule has 1 aliphatic rings. The van der Waals surface area contributed by atoms with Crippen LogP contribution in [0, 0.1) is 0 Å². The Morgan fingerprint density at radius 3 is 2.64 bits per heavy atom. The molecule has 1 aliphatic heterocycles. The van der Waals surface area contributed by atoms with E-state index in [0.717, 1.165) is 40.2 Å². The highest BCUT2D eigenvalue weighted by molar-refractivity contribution is 9.10. The van der Waals surface area contributed by atoms with Crippen LogP contribution in [0.2, 0.25) is 0 Å². The van der Waals surface area contributed by atoms with Crippen LogP contribution in [0.25, 0.3) is 11.0 Å². The van der Waals surface area contributed by atoms with Gasteiger partial charge in [-0.05, 0) is 34.1 Å². The Labute approximate surface area is 171 Å². The minimum absolute atomic E-state index is 0.148. The van der Waals surface area contributed by atoms with E-state index in [4.69, 9.17) is 0 Å². The molecular formula is C19H20BrN7O. The molecule has 4 heterocycles. The second-order valence-electron chi connectivity index (χ2n) is 6.47. The van der Waals surface area contributed by atoms with Crippen LogP contribution in [0.15, 0.2) is 47.5 Å². The molecule has 0 spiro atoms. The summed E-state index contributed by atoms with van der Waals surface area (Å²) in [6, 6.07) is 5.61. The summed E-state index contributed by atoms with van der Waals surface area (Å²) in [6.07, 6.45) is 7.40. The topological polar surface area (TPSA) is 87.1 Å². The third-order valence-electron chi connectivity index (χ3n) is 4.67. The fraction of sp³-hybridized carbons (Fsp3) is 0.316. The lowest BCUT2D eigenvalue weighted by Gasteiger charge is -2.34. The zero-order valence-electron chi connectivity index (χ0n) is 15.3. The fourth-order valence-electron chi connectivity index (χ4n) is 3.22. The molecule has 144 valence electrons. The summed E-state index contributed by atoms with van der Waals surface area (Å²) in [5.41, 5.74) is 2.50. The molecule has 1 fully saturated rings. The molecule has 4 rings (SSSR count). The molecule has 0 bridgehead atoms. The van der Waals surface area contributed by atoms with Gasteiger partial charge in [-0.1, -0.05) is 0 Å². The first kappa shape index (κ1) is 18.5. The van der Waals surface area contributed by atoms with Crippen molar-refractivity contribution in [2.45, 2.75) is 6.42 Å². The summed E-state index contributed by atoms with van der Waals surface area (Å²) in [5.74, 6) is 0.871. The zero-order valence-corrected chi connectivity index (χ0v) is 16.8. The van der Waals surface area contributed by atoms with Crippen molar-refractivity contribution < 1.29 is 4.79 Å². The summed E-state index contributed by atoms with van der Waals surface area (Å²) in [7, 11) is 0. The van der Waals surface area contributed by atoms with E-state index in [1.54, 1.807) is 30.9 Å². The summed E-state index contributed by atoms with van der Waals surface area (Å²) in [4.78, 5) is 33.8. The lowest BCUT2D eigenvalue weighted by atomic mass is 10.2. The van der Waals surface area contributed by atoms with E-state index in [0.29, 0.717) is 26.1 Å². The number of rotatable bonds is 5. The quantitative estimate of drug-likeness (QED) is 0.649.